The predicted molar refractivity (Wildman–Crippen MR) is 73.6 cm³/mol. The van der Waals surface area contributed by atoms with Crippen LogP contribution in [0.1, 0.15) is 10.4 Å². The van der Waals surface area contributed by atoms with Crippen molar-refractivity contribution in [3.63, 3.8) is 0 Å². The Bertz CT molecular complexity index is 750. The van der Waals surface area contributed by atoms with E-state index in [1.807, 2.05) is 0 Å². The Balaban J connectivity index is 2.77. The van der Waals surface area contributed by atoms with E-state index in [4.69, 9.17) is 4.74 Å². The first-order chi connectivity index (χ1) is 9.47. The molecule has 0 heterocycles. The Hall–Kier alpha value is -2.18. The maximum absolute atomic E-state index is 11.5. The van der Waals surface area contributed by atoms with Crippen LogP contribution >= 0.6 is 0 Å². The van der Waals surface area contributed by atoms with Crippen LogP contribution in [0.2, 0.25) is 0 Å². The summed E-state index contributed by atoms with van der Waals surface area (Å²) in [6.07, 6.45) is 0.396. The quantitative estimate of drug-likeness (QED) is 0.691. The molecule has 0 saturated heterocycles. The van der Waals surface area contributed by atoms with Gasteiger partial charge in [0.15, 0.2) is 6.29 Å². The molecule has 0 saturated carbocycles. The highest BCUT2D eigenvalue weighted by Crippen LogP contribution is 2.31. The number of carbonyl (C=O) groups excluding carboxylic acids is 1. The maximum Gasteiger partial charge on any atom is 0.295 e. The first-order valence-electron chi connectivity index (χ1n) is 5.67. The number of ether oxygens (including phenoxy) is 1. The molecule has 0 atom stereocenters. The summed E-state index contributed by atoms with van der Waals surface area (Å²) in [6, 6.07) is 11.1. The summed E-state index contributed by atoms with van der Waals surface area (Å²) in [7, 11) is -3.03. The molecule has 0 aromatic heterocycles. The van der Waals surface area contributed by atoms with Crippen LogP contribution in [0.3, 0.4) is 0 Å². The number of methoxy groups -OCH3 is 1. The van der Waals surface area contributed by atoms with E-state index in [-0.39, 0.29) is 11.1 Å². The van der Waals surface area contributed by atoms with E-state index in [2.05, 4.69) is 0 Å². The van der Waals surface area contributed by atoms with Crippen LogP contribution in [-0.2, 0) is 10.1 Å². The fraction of sp³-hybridized carbons (Fsp3) is 0.0714. The minimum atomic E-state index is -4.52. The number of hydrogen-bond donors (Lipinski definition) is 1. The van der Waals surface area contributed by atoms with Gasteiger partial charge in [0, 0.05) is 11.1 Å². The normalized spacial score (nSPS) is 11.1. The van der Waals surface area contributed by atoms with E-state index in [0.717, 1.165) is 0 Å². The molecule has 0 bridgehead atoms. The largest absolute Gasteiger partial charge is 0.497 e. The van der Waals surface area contributed by atoms with E-state index in [1.165, 1.54) is 19.2 Å². The van der Waals surface area contributed by atoms with Gasteiger partial charge in [-0.1, -0.05) is 30.3 Å². The average Bonchev–Trinajstić information content (AvgIpc) is 2.45. The summed E-state index contributed by atoms with van der Waals surface area (Å²) in [5.74, 6) is 0.542. The molecule has 0 fully saturated rings. The Kier molecular flexibility index (Phi) is 3.87. The van der Waals surface area contributed by atoms with E-state index in [9.17, 15) is 17.8 Å². The number of aldehydes is 1. The molecule has 2 aromatic rings. The lowest BCUT2D eigenvalue weighted by Gasteiger charge is -2.10. The number of hydrogen-bond acceptors (Lipinski definition) is 4. The van der Waals surface area contributed by atoms with Crippen molar-refractivity contribution in [1.29, 1.82) is 0 Å². The third-order valence-electron chi connectivity index (χ3n) is 2.81. The van der Waals surface area contributed by atoms with Gasteiger partial charge in [0.1, 0.15) is 10.6 Å². The first-order valence-corrected chi connectivity index (χ1v) is 7.11. The summed E-state index contributed by atoms with van der Waals surface area (Å²) in [5, 5.41) is 0. The van der Waals surface area contributed by atoms with Gasteiger partial charge in [-0.2, -0.15) is 8.42 Å². The first kappa shape index (κ1) is 14.2. The van der Waals surface area contributed by atoms with Gasteiger partial charge in [0.05, 0.1) is 7.11 Å². The van der Waals surface area contributed by atoms with Crippen molar-refractivity contribution in [1.82, 2.24) is 0 Å². The Labute approximate surface area is 116 Å². The Morgan fingerprint density at radius 3 is 2.45 bits per heavy atom. The standard InChI is InChI=1S/C14H12O5S/c1-19-12-6-2-4-10(8-12)13-7-3-5-11(9-15)14(13)20(16,17)18/h2-9H,1H3,(H,16,17,18). The van der Waals surface area contributed by atoms with Crippen LogP contribution in [0.25, 0.3) is 11.1 Å². The highest BCUT2D eigenvalue weighted by molar-refractivity contribution is 7.86. The van der Waals surface area contributed by atoms with Gasteiger partial charge in [-0.05, 0) is 17.7 Å². The van der Waals surface area contributed by atoms with Crippen molar-refractivity contribution >= 4 is 16.4 Å². The predicted octanol–water partition coefficient (Wildman–Crippen LogP) is 2.42. The van der Waals surface area contributed by atoms with Crippen LogP contribution < -0.4 is 4.74 Å². The third-order valence-corrected chi connectivity index (χ3v) is 3.78. The molecule has 5 nitrogen and oxygen atoms in total. The highest BCUT2D eigenvalue weighted by Gasteiger charge is 2.21. The van der Waals surface area contributed by atoms with Crippen LogP contribution in [0.4, 0.5) is 0 Å². The van der Waals surface area contributed by atoms with Crippen molar-refractivity contribution in [2.75, 3.05) is 7.11 Å². The molecule has 2 rings (SSSR count). The Morgan fingerprint density at radius 1 is 1.15 bits per heavy atom. The molecule has 1 N–H and O–H groups in total. The molecular formula is C14H12O5S. The molecule has 6 heteroatoms. The monoisotopic (exact) mass is 292 g/mol. The second kappa shape index (κ2) is 5.44. The van der Waals surface area contributed by atoms with Gasteiger partial charge in [-0.15, -0.1) is 0 Å². The summed E-state index contributed by atoms with van der Waals surface area (Å²) < 4.78 is 37.5. The number of carbonyl (C=O) groups is 1. The molecule has 0 unspecified atom stereocenters. The van der Waals surface area contributed by atoms with Gasteiger partial charge < -0.3 is 4.74 Å². The molecular weight excluding hydrogens is 280 g/mol. The lowest BCUT2D eigenvalue weighted by Crippen LogP contribution is -2.05. The summed E-state index contributed by atoms with van der Waals surface area (Å²) in [4.78, 5) is 10.6. The van der Waals surface area contributed by atoms with E-state index in [1.54, 1.807) is 30.3 Å². The number of benzene rings is 2. The molecule has 0 radical (unpaired) electrons. The molecule has 0 spiro atoms. The average molecular weight is 292 g/mol. The van der Waals surface area contributed by atoms with Gasteiger partial charge in [0.2, 0.25) is 0 Å². The maximum atomic E-state index is 11.5. The van der Waals surface area contributed by atoms with E-state index in [0.29, 0.717) is 17.6 Å². The van der Waals surface area contributed by atoms with Crippen molar-refractivity contribution in [2.45, 2.75) is 4.90 Å². The second-order valence-corrected chi connectivity index (χ2v) is 5.41. The van der Waals surface area contributed by atoms with Crippen molar-refractivity contribution in [3.8, 4) is 16.9 Å². The third kappa shape index (κ3) is 2.71. The lowest BCUT2D eigenvalue weighted by molar-refractivity contribution is 0.112. The van der Waals surface area contributed by atoms with Crippen molar-refractivity contribution < 1.29 is 22.5 Å². The van der Waals surface area contributed by atoms with E-state index >= 15 is 0 Å². The number of rotatable bonds is 4. The molecule has 20 heavy (non-hydrogen) atoms. The fourth-order valence-corrected chi connectivity index (χ4v) is 2.83. The van der Waals surface area contributed by atoms with Gasteiger partial charge in [-0.3, -0.25) is 9.35 Å². The van der Waals surface area contributed by atoms with Crippen LogP contribution in [0.15, 0.2) is 47.4 Å². The molecule has 2 aromatic carbocycles. The SMILES string of the molecule is COc1cccc(-c2cccc(C=O)c2S(=O)(=O)O)c1. The highest BCUT2D eigenvalue weighted by atomic mass is 32.2. The Morgan fingerprint density at radius 2 is 1.85 bits per heavy atom. The van der Waals surface area contributed by atoms with Gasteiger partial charge >= 0.3 is 0 Å². The fourth-order valence-electron chi connectivity index (χ4n) is 1.95. The minimum absolute atomic E-state index is 0.0900. The topological polar surface area (TPSA) is 80.7 Å². The van der Waals surface area contributed by atoms with Crippen LogP contribution in [0, 0.1) is 0 Å². The molecule has 0 amide bonds. The lowest BCUT2D eigenvalue weighted by atomic mass is 10.0. The zero-order valence-electron chi connectivity index (χ0n) is 10.6. The van der Waals surface area contributed by atoms with Crippen molar-refractivity contribution in [2.24, 2.45) is 0 Å². The summed E-state index contributed by atoms with van der Waals surface area (Å²) in [5.41, 5.74) is 0.685. The summed E-state index contributed by atoms with van der Waals surface area (Å²) in [6.45, 7) is 0. The van der Waals surface area contributed by atoms with Crippen LogP contribution in [-0.4, -0.2) is 26.4 Å². The second-order valence-electron chi connectivity index (χ2n) is 4.05. The van der Waals surface area contributed by atoms with Gasteiger partial charge in [-0.25, -0.2) is 0 Å². The zero-order chi connectivity index (χ0) is 14.8. The molecule has 0 aliphatic rings. The van der Waals surface area contributed by atoms with E-state index < -0.39 is 15.0 Å². The van der Waals surface area contributed by atoms with Crippen LogP contribution in [0.5, 0.6) is 5.75 Å². The molecule has 0 aliphatic heterocycles. The minimum Gasteiger partial charge on any atom is -0.497 e. The van der Waals surface area contributed by atoms with Crippen molar-refractivity contribution in [3.05, 3.63) is 48.0 Å². The summed E-state index contributed by atoms with van der Waals surface area (Å²) >= 11 is 0. The molecule has 104 valence electrons. The zero-order valence-corrected chi connectivity index (χ0v) is 11.4. The molecule has 0 aliphatic carbocycles. The smallest absolute Gasteiger partial charge is 0.295 e. The van der Waals surface area contributed by atoms with Gasteiger partial charge in [0.25, 0.3) is 10.1 Å².